The molecule has 10 nitrogen and oxygen atoms in total. The van der Waals surface area contributed by atoms with Gasteiger partial charge < -0.3 is 21.1 Å². The molecular formula is C32H46N8O2. The van der Waals surface area contributed by atoms with Gasteiger partial charge in [-0.3, -0.25) is 25.7 Å². The van der Waals surface area contributed by atoms with E-state index in [1.807, 2.05) is 58.9 Å². The average molecular weight is 575 g/mol. The number of nitrogens with one attached hydrogen (secondary N) is 5. The SMILES string of the molecule is CC(C)C(=N)n1cc(OC2CC[C@H](NC(=O)NC(C=C(N)C(C)(C)C)=NC3CCNCC3)c3ccccc32)ccc1=N. The van der Waals surface area contributed by atoms with Crippen LogP contribution in [0.2, 0.25) is 0 Å². The number of amidine groups is 1. The summed E-state index contributed by atoms with van der Waals surface area (Å²) in [6.07, 6.45) is 6.49. The molecular weight excluding hydrogens is 528 g/mol. The van der Waals surface area contributed by atoms with E-state index < -0.39 is 0 Å². The Morgan fingerprint density at radius 1 is 1.12 bits per heavy atom. The number of aliphatic imine (C=N–C) groups is 1. The molecule has 2 amide bonds. The fourth-order valence-electron chi connectivity index (χ4n) is 5.13. The number of fused-ring (bicyclic) bond motifs is 1. The number of aromatic nitrogens is 1. The minimum atomic E-state index is -0.320. The topological polar surface area (TPSA) is 153 Å². The Morgan fingerprint density at radius 3 is 2.48 bits per heavy atom. The second-order valence-electron chi connectivity index (χ2n) is 12.5. The van der Waals surface area contributed by atoms with E-state index in [4.69, 9.17) is 26.3 Å². The molecule has 4 rings (SSSR count). The highest BCUT2D eigenvalue weighted by Gasteiger charge is 2.30. The summed E-state index contributed by atoms with van der Waals surface area (Å²) in [4.78, 5) is 18.2. The van der Waals surface area contributed by atoms with Gasteiger partial charge in [0.2, 0.25) is 0 Å². The summed E-state index contributed by atoms with van der Waals surface area (Å²) in [5, 5.41) is 26.1. The summed E-state index contributed by atoms with van der Waals surface area (Å²) in [6.45, 7) is 11.8. The van der Waals surface area contributed by atoms with Crippen LogP contribution in [0.1, 0.15) is 83.6 Å². The largest absolute Gasteiger partial charge is 0.484 e. The van der Waals surface area contributed by atoms with Gasteiger partial charge in [-0.2, -0.15) is 0 Å². The number of hydrogen-bond acceptors (Lipinski definition) is 7. The van der Waals surface area contributed by atoms with Gasteiger partial charge in [0, 0.05) is 17.0 Å². The van der Waals surface area contributed by atoms with Gasteiger partial charge in [0.05, 0.1) is 18.3 Å². The van der Waals surface area contributed by atoms with Crippen molar-refractivity contribution < 1.29 is 9.53 Å². The molecule has 2 aromatic rings. The van der Waals surface area contributed by atoms with Gasteiger partial charge in [-0.25, -0.2) is 4.79 Å². The first-order chi connectivity index (χ1) is 19.9. The van der Waals surface area contributed by atoms with Crippen LogP contribution in [0.15, 0.2) is 59.4 Å². The molecule has 1 aromatic carbocycles. The Morgan fingerprint density at radius 2 is 1.81 bits per heavy atom. The number of benzene rings is 1. The van der Waals surface area contributed by atoms with E-state index in [0.717, 1.165) is 37.1 Å². The van der Waals surface area contributed by atoms with Crippen molar-refractivity contribution in [1.82, 2.24) is 20.5 Å². The molecule has 0 bridgehead atoms. The number of amides is 2. The molecule has 2 atom stereocenters. The predicted octanol–water partition coefficient (Wildman–Crippen LogP) is 4.74. The summed E-state index contributed by atoms with van der Waals surface area (Å²) in [5.41, 5.74) is 9.02. The van der Waals surface area contributed by atoms with E-state index >= 15 is 0 Å². The molecule has 2 aliphatic rings. The van der Waals surface area contributed by atoms with Crippen molar-refractivity contribution in [3.63, 3.8) is 0 Å². The Bertz CT molecular complexity index is 1400. The van der Waals surface area contributed by atoms with Crippen molar-refractivity contribution in [1.29, 1.82) is 10.8 Å². The number of allylic oxidation sites excluding steroid dienone is 1. The van der Waals surface area contributed by atoms with Crippen LogP contribution in [0.3, 0.4) is 0 Å². The Labute approximate surface area is 248 Å². The zero-order chi connectivity index (χ0) is 30.4. The van der Waals surface area contributed by atoms with Crippen LogP contribution in [-0.4, -0.2) is 41.4 Å². The van der Waals surface area contributed by atoms with E-state index in [-0.39, 0.29) is 41.0 Å². The monoisotopic (exact) mass is 574 g/mol. The fourth-order valence-corrected chi connectivity index (χ4v) is 5.13. The lowest BCUT2D eigenvalue weighted by Gasteiger charge is -2.32. The second-order valence-corrected chi connectivity index (χ2v) is 12.5. The molecule has 2 heterocycles. The standard InChI is InChI=1S/C32H46N8O2/c1-20(2)30(35)40-19-22(10-13-28(40)34)42-26-12-11-25(23-8-6-7-9-24(23)26)38-31(41)39-29(18-27(33)32(3,4)5)37-21-14-16-36-17-15-21/h6-10,13,18-21,25-26,34-36H,11-12,14-17,33H2,1-5H3,(H2,37,38,39,41)/t25-,26?/m0/s1. The van der Waals surface area contributed by atoms with E-state index in [1.54, 1.807) is 29.0 Å². The molecule has 1 saturated heterocycles. The zero-order valence-electron chi connectivity index (χ0n) is 25.5. The summed E-state index contributed by atoms with van der Waals surface area (Å²) >= 11 is 0. The first-order valence-corrected chi connectivity index (χ1v) is 14.9. The quantitative estimate of drug-likeness (QED) is 0.218. The lowest BCUT2D eigenvalue weighted by atomic mass is 9.85. The number of nitrogens with zero attached hydrogens (tertiary/aromatic N) is 2. The smallest absolute Gasteiger partial charge is 0.320 e. The number of carbonyl (C=O) groups excluding carboxylic acids is 1. The van der Waals surface area contributed by atoms with Crippen molar-refractivity contribution in [2.45, 2.75) is 78.5 Å². The van der Waals surface area contributed by atoms with E-state index in [9.17, 15) is 4.79 Å². The first kappa shape index (κ1) is 31.0. The van der Waals surface area contributed by atoms with E-state index in [0.29, 0.717) is 36.0 Å². The molecule has 1 fully saturated rings. The lowest BCUT2D eigenvalue weighted by molar-refractivity contribution is 0.171. The molecule has 42 heavy (non-hydrogen) atoms. The maximum atomic E-state index is 13.3. The number of rotatable bonds is 6. The van der Waals surface area contributed by atoms with Gasteiger partial charge in [0.1, 0.15) is 29.0 Å². The molecule has 226 valence electrons. The van der Waals surface area contributed by atoms with Crippen LogP contribution < -0.4 is 31.9 Å². The third-order valence-corrected chi connectivity index (χ3v) is 7.78. The van der Waals surface area contributed by atoms with Crippen LogP contribution in [0.5, 0.6) is 5.75 Å². The summed E-state index contributed by atoms with van der Waals surface area (Å²) < 4.78 is 7.96. The van der Waals surface area contributed by atoms with Crippen LogP contribution >= 0.6 is 0 Å². The number of urea groups is 1. The van der Waals surface area contributed by atoms with Crippen LogP contribution in [0, 0.1) is 22.2 Å². The highest BCUT2D eigenvalue weighted by Crippen LogP contribution is 2.38. The fraction of sp³-hybridized carbons (Fsp3) is 0.500. The molecule has 1 aliphatic heterocycles. The van der Waals surface area contributed by atoms with Crippen molar-refractivity contribution >= 4 is 17.7 Å². The van der Waals surface area contributed by atoms with Crippen LogP contribution in [0.4, 0.5) is 4.79 Å². The summed E-state index contributed by atoms with van der Waals surface area (Å²) in [6, 6.07) is 11.0. The van der Waals surface area contributed by atoms with Gasteiger partial charge in [0.25, 0.3) is 0 Å². The number of hydrogen-bond donors (Lipinski definition) is 6. The first-order valence-electron chi connectivity index (χ1n) is 14.9. The van der Waals surface area contributed by atoms with Gasteiger partial charge in [-0.05, 0) is 68.1 Å². The molecule has 1 unspecified atom stereocenters. The minimum Gasteiger partial charge on any atom is -0.484 e. The average Bonchev–Trinajstić information content (AvgIpc) is 2.94. The zero-order valence-corrected chi connectivity index (χ0v) is 25.5. The number of pyridine rings is 1. The van der Waals surface area contributed by atoms with Crippen LogP contribution in [0.25, 0.3) is 0 Å². The number of carbonyl (C=O) groups is 1. The number of piperidine rings is 1. The molecule has 0 saturated carbocycles. The third-order valence-electron chi connectivity index (χ3n) is 7.78. The van der Waals surface area contributed by atoms with Gasteiger partial charge in [0.15, 0.2) is 0 Å². The van der Waals surface area contributed by atoms with Gasteiger partial charge in [-0.15, -0.1) is 0 Å². The number of nitrogens with two attached hydrogens (primary N) is 1. The predicted molar refractivity (Wildman–Crippen MR) is 167 cm³/mol. The molecule has 1 aromatic heterocycles. The van der Waals surface area contributed by atoms with Gasteiger partial charge >= 0.3 is 6.03 Å². The second kappa shape index (κ2) is 13.4. The highest BCUT2D eigenvalue weighted by molar-refractivity contribution is 6.04. The normalized spacial score (nSPS) is 20.1. The minimum absolute atomic E-state index is 0.0200. The number of ether oxygens (including phenoxy) is 1. The molecule has 10 heteroatoms. The van der Waals surface area contributed by atoms with Gasteiger partial charge in [-0.1, -0.05) is 58.9 Å². The van der Waals surface area contributed by atoms with E-state index in [1.165, 1.54) is 0 Å². The molecule has 0 radical (unpaired) electrons. The highest BCUT2D eigenvalue weighted by atomic mass is 16.5. The van der Waals surface area contributed by atoms with E-state index in [2.05, 4.69) is 16.0 Å². The molecule has 0 spiro atoms. The maximum absolute atomic E-state index is 13.3. The van der Waals surface area contributed by atoms with Crippen molar-refractivity contribution in [2.24, 2.45) is 22.1 Å². The molecule has 1 aliphatic carbocycles. The third kappa shape index (κ3) is 7.88. The Hall–Kier alpha value is -3.92. The Kier molecular flexibility index (Phi) is 9.88. The summed E-state index contributed by atoms with van der Waals surface area (Å²) in [7, 11) is 0. The summed E-state index contributed by atoms with van der Waals surface area (Å²) in [5.74, 6) is 1.40. The van der Waals surface area contributed by atoms with Crippen molar-refractivity contribution in [2.75, 3.05) is 13.1 Å². The Balaban J connectivity index is 1.50. The van der Waals surface area contributed by atoms with Crippen molar-refractivity contribution in [3.05, 3.63) is 71.0 Å². The lowest BCUT2D eigenvalue weighted by Crippen LogP contribution is -2.43. The molecule has 7 N–H and O–H groups in total. The maximum Gasteiger partial charge on any atom is 0.320 e. The van der Waals surface area contributed by atoms with Crippen molar-refractivity contribution in [3.8, 4) is 5.75 Å². The van der Waals surface area contributed by atoms with Crippen LogP contribution in [-0.2, 0) is 0 Å².